The summed E-state index contributed by atoms with van der Waals surface area (Å²) in [4.78, 5) is 33.7. The molecule has 0 saturated carbocycles. The zero-order chi connectivity index (χ0) is 37.6. The fraction of sp³-hybridized carbons (Fsp3) is 0.421. The van der Waals surface area contributed by atoms with Crippen LogP contribution < -0.4 is 25.4 Å². The third-order valence-corrected chi connectivity index (χ3v) is 10.8. The molecule has 2 unspecified atom stereocenters. The van der Waals surface area contributed by atoms with E-state index in [4.69, 9.17) is 36.5 Å². The number of hydrogen-bond acceptors (Lipinski definition) is 9. The molecular formula is C38H38F4N6O5. The highest BCUT2D eigenvalue weighted by Crippen LogP contribution is 2.47. The SMILES string of the molecule is C#Cc1c(F)ccc2cc(CC(N)=O)cc(-c3c(F)c(OC)c4c(N5CC6CCC(C5)N6)nc(OC[C@@]56CCCN5C[C@H](F)C6)nc4c3F)c12.O=CO. The zero-order valence-electron chi connectivity index (χ0n) is 28.9. The normalized spacial score (nSPS) is 23.4. The van der Waals surface area contributed by atoms with E-state index >= 15 is 13.2 Å². The molecule has 8 rings (SSSR count). The van der Waals surface area contributed by atoms with Gasteiger partial charge in [0.1, 0.15) is 29.9 Å². The molecule has 5 heterocycles. The van der Waals surface area contributed by atoms with Gasteiger partial charge in [0.2, 0.25) is 5.91 Å². The van der Waals surface area contributed by atoms with E-state index in [2.05, 4.69) is 21.1 Å². The number of terminal acetylenes is 1. The first-order valence-electron chi connectivity index (χ1n) is 17.4. The number of benzene rings is 3. The van der Waals surface area contributed by atoms with Gasteiger partial charge in [0.05, 0.1) is 35.6 Å². The summed E-state index contributed by atoms with van der Waals surface area (Å²) >= 11 is 0. The number of nitrogens with zero attached hydrogens (tertiary/aromatic N) is 4. The van der Waals surface area contributed by atoms with E-state index in [1.807, 2.05) is 4.90 Å². The lowest BCUT2D eigenvalue weighted by molar-refractivity contribution is -0.123. The second-order valence-electron chi connectivity index (χ2n) is 14.1. The third kappa shape index (κ3) is 6.44. The van der Waals surface area contributed by atoms with Crippen LogP contribution in [0, 0.1) is 29.8 Å². The first-order chi connectivity index (χ1) is 25.5. The van der Waals surface area contributed by atoms with Crippen LogP contribution in [0.1, 0.15) is 43.2 Å². The van der Waals surface area contributed by atoms with E-state index in [0.717, 1.165) is 38.3 Å². The van der Waals surface area contributed by atoms with Gasteiger partial charge in [0, 0.05) is 43.5 Å². The highest BCUT2D eigenvalue weighted by molar-refractivity contribution is 6.06. The van der Waals surface area contributed by atoms with Crippen LogP contribution in [0.25, 0.3) is 32.8 Å². The van der Waals surface area contributed by atoms with Crippen molar-refractivity contribution in [2.45, 2.75) is 62.3 Å². The maximum Gasteiger partial charge on any atom is 0.319 e. The molecular weight excluding hydrogens is 696 g/mol. The number of ether oxygens (including phenoxy) is 2. The minimum atomic E-state index is -1.07. The number of rotatable bonds is 8. The quantitative estimate of drug-likeness (QED) is 0.135. The van der Waals surface area contributed by atoms with E-state index in [9.17, 15) is 9.18 Å². The van der Waals surface area contributed by atoms with Gasteiger partial charge < -0.3 is 30.5 Å². The lowest BCUT2D eigenvalue weighted by Crippen LogP contribution is -2.51. The molecule has 4 atom stereocenters. The maximum absolute atomic E-state index is 17.3. The first-order valence-corrected chi connectivity index (χ1v) is 17.4. The predicted octanol–water partition coefficient (Wildman–Crippen LogP) is 4.48. The summed E-state index contributed by atoms with van der Waals surface area (Å²) in [6.07, 6.45) is 8.37. The number of carbonyl (C=O) groups excluding carboxylic acids is 1. The summed E-state index contributed by atoms with van der Waals surface area (Å²) < 4.78 is 75.9. The van der Waals surface area contributed by atoms with Crippen molar-refractivity contribution in [2.24, 2.45) is 5.73 Å². The number of primary amides is 1. The highest BCUT2D eigenvalue weighted by atomic mass is 19.1. The van der Waals surface area contributed by atoms with Crippen LogP contribution >= 0.6 is 0 Å². The number of nitrogens with two attached hydrogens (primary N) is 1. The predicted molar refractivity (Wildman–Crippen MR) is 189 cm³/mol. The molecule has 1 amide bonds. The number of piperazine rings is 1. The molecule has 11 nitrogen and oxygen atoms in total. The Hall–Kier alpha value is -5.20. The second-order valence-corrected chi connectivity index (χ2v) is 14.1. The van der Waals surface area contributed by atoms with Crippen molar-refractivity contribution in [3.8, 4) is 35.2 Å². The summed E-state index contributed by atoms with van der Waals surface area (Å²) in [5, 5.41) is 10.9. The van der Waals surface area contributed by atoms with E-state index in [1.54, 1.807) is 6.07 Å². The van der Waals surface area contributed by atoms with Gasteiger partial charge in [-0.05, 0) is 60.9 Å². The smallest absolute Gasteiger partial charge is 0.319 e. The number of carboxylic acid groups (broad SMARTS) is 1. The Labute approximate surface area is 302 Å². The standard InChI is InChI=1S/C37H36F4N6O3.CH2O2/c1-3-24-26(39)8-5-20-11-19(13-27(42)48)12-25(28(20)24)29-31(40)33-30(34(49-2)32(29)41)35(46-16-22-6-7-23(17-46)43-22)45-36(44-33)50-18-37-9-4-10-47(37)15-21(38)14-37;2-1-3/h1,5,8,11-12,21-23,43H,4,6-7,9-10,13-18H2,2H3,(H2,42,48);1H,(H,2,3)/t21-,22?,23?,37+;/m1./s1. The molecule has 0 spiro atoms. The van der Waals surface area contributed by atoms with Gasteiger partial charge >= 0.3 is 6.01 Å². The van der Waals surface area contributed by atoms with Gasteiger partial charge in [-0.15, -0.1) is 6.42 Å². The van der Waals surface area contributed by atoms with Crippen LogP contribution in [0.5, 0.6) is 11.8 Å². The Morgan fingerprint density at radius 2 is 1.89 bits per heavy atom. The van der Waals surface area contributed by atoms with Crippen molar-refractivity contribution in [1.82, 2.24) is 20.2 Å². The summed E-state index contributed by atoms with van der Waals surface area (Å²) in [6, 6.07) is 5.73. The van der Waals surface area contributed by atoms with Gasteiger partial charge in [-0.1, -0.05) is 18.1 Å². The summed E-state index contributed by atoms with van der Waals surface area (Å²) in [6.45, 7) is 2.00. The number of carbonyl (C=O) groups is 2. The number of anilines is 1. The highest BCUT2D eigenvalue weighted by Gasteiger charge is 2.49. The van der Waals surface area contributed by atoms with Gasteiger partial charge in [-0.25, -0.2) is 17.6 Å². The van der Waals surface area contributed by atoms with E-state index < -0.39 is 40.6 Å². The number of amides is 1. The van der Waals surface area contributed by atoms with E-state index in [1.165, 1.54) is 19.2 Å². The molecule has 53 heavy (non-hydrogen) atoms. The number of fused-ring (bicyclic) bond motifs is 5. The minimum absolute atomic E-state index is 0.0196. The molecule has 0 radical (unpaired) electrons. The Balaban J connectivity index is 0.00000140. The van der Waals surface area contributed by atoms with Crippen LogP contribution in [-0.2, 0) is 16.0 Å². The van der Waals surface area contributed by atoms with Gasteiger partial charge in [0.15, 0.2) is 17.4 Å². The monoisotopic (exact) mass is 734 g/mol. The number of aromatic nitrogens is 2. The van der Waals surface area contributed by atoms with Crippen molar-refractivity contribution in [2.75, 3.05) is 44.8 Å². The van der Waals surface area contributed by atoms with Crippen molar-refractivity contribution in [3.05, 3.63) is 52.8 Å². The van der Waals surface area contributed by atoms with Crippen LogP contribution in [-0.4, -0.2) is 96.0 Å². The first kappa shape index (κ1) is 36.2. The number of nitrogens with one attached hydrogen (secondary N) is 1. The summed E-state index contributed by atoms with van der Waals surface area (Å²) in [7, 11) is 1.27. The molecule has 278 valence electrons. The lowest BCUT2D eigenvalue weighted by Gasteiger charge is -2.35. The largest absolute Gasteiger partial charge is 0.493 e. The van der Waals surface area contributed by atoms with Crippen molar-refractivity contribution >= 4 is 39.9 Å². The maximum atomic E-state index is 17.3. The molecule has 0 aliphatic carbocycles. The van der Waals surface area contributed by atoms with Crippen LogP contribution in [0.15, 0.2) is 24.3 Å². The Kier molecular flexibility index (Phi) is 9.77. The van der Waals surface area contributed by atoms with E-state index in [-0.39, 0.29) is 76.6 Å². The van der Waals surface area contributed by atoms with Crippen molar-refractivity contribution < 1.29 is 41.7 Å². The molecule has 4 aliphatic rings. The molecule has 4 N–H and O–H groups in total. The van der Waals surface area contributed by atoms with Crippen LogP contribution in [0.3, 0.4) is 0 Å². The van der Waals surface area contributed by atoms with Gasteiger partial charge in [-0.2, -0.15) is 9.97 Å². The number of methoxy groups -OCH3 is 1. The Morgan fingerprint density at radius 1 is 1.15 bits per heavy atom. The topological polar surface area (TPSA) is 143 Å². The fourth-order valence-electron chi connectivity index (χ4n) is 8.72. The average Bonchev–Trinajstić information content (AvgIpc) is 3.77. The van der Waals surface area contributed by atoms with Crippen molar-refractivity contribution in [3.63, 3.8) is 0 Å². The fourth-order valence-corrected chi connectivity index (χ4v) is 8.72. The molecule has 15 heteroatoms. The number of hydrogen-bond donors (Lipinski definition) is 3. The third-order valence-electron chi connectivity index (χ3n) is 10.8. The van der Waals surface area contributed by atoms with Crippen molar-refractivity contribution in [1.29, 1.82) is 0 Å². The molecule has 4 aliphatic heterocycles. The number of alkyl halides is 1. The van der Waals surface area contributed by atoms with Gasteiger partial charge in [-0.3, -0.25) is 14.5 Å². The molecule has 4 fully saturated rings. The van der Waals surface area contributed by atoms with Gasteiger partial charge in [0.25, 0.3) is 6.47 Å². The van der Waals surface area contributed by atoms with E-state index in [0.29, 0.717) is 37.0 Å². The summed E-state index contributed by atoms with van der Waals surface area (Å²) in [5.74, 6) is -1.30. The average molecular weight is 735 g/mol. The zero-order valence-corrected chi connectivity index (χ0v) is 28.9. The molecule has 4 aromatic rings. The van der Waals surface area contributed by atoms with Crippen LogP contribution in [0.2, 0.25) is 0 Å². The molecule has 1 aromatic heterocycles. The number of halogens is 4. The Bertz CT molecular complexity index is 2150. The Morgan fingerprint density at radius 3 is 2.57 bits per heavy atom. The second kappa shape index (κ2) is 14.3. The summed E-state index contributed by atoms with van der Waals surface area (Å²) in [5.41, 5.74) is 4.19. The lowest BCUT2D eigenvalue weighted by atomic mass is 9.90. The molecule has 4 saturated heterocycles. The molecule has 3 aromatic carbocycles. The molecule has 2 bridgehead atoms. The van der Waals surface area contributed by atoms with Crippen LogP contribution in [0.4, 0.5) is 23.4 Å². The minimum Gasteiger partial charge on any atom is -0.493 e.